The van der Waals surface area contributed by atoms with Crippen LogP contribution in [0.15, 0.2) is 33.2 Å². The third-order valence-electron chi connectivity index (χ3n) is 3.35. The molecule has 2 aromatic rings. The van der Waals surface area contributed by atoms with Gasteiger partial charge >= 0.3 is 0 Å². The molecule has 0 amide bonds. The summed E-state index contributed by atoms with van der Waals surface area (Å²) in [5, 5.41) is 4.51. The van der Waals surface area contributed by atoms with E-state index in [1.54, 1.807) is 0 Å². The lowest BCUT2D eigenvalue weighted by Crippen LogP contribution is -2.27. The van der Waals surface area contributed by atoms with Gasteiger partial charge in [-0.1, -0.05) is 34.1 Å². The molecule has 0 saturated carbocycles. The summed E-state index contributed by atoms with van der Waals surface area (Å²) in [5.41, 5.74) is 9.78. The number of hydrogen-bond donors (Lipinski definition) is 1. The molecule has 2 N–H and O–H groups in total. The second-order valence-corrected chi connectivity index (χ2v) is 6.57. The van der Waals surface area contributed by atoms with Gasteiger partial charge in [0.15, 0.2) is 0 Å². The van der Waals surface area contributed by atoms with Crippen molar-refractivity contribution in [3.05, 3.63) is 50.2 Å². The maximum absolute atomic E-state index is 6.33. The summed E-state index contributed by atoms with van der Waals surface area (Å²) in [6, 6.07) is 8.31. The topological polar surface area (TPSA) is 43.8 Å². The Morgan fingerprint density at radius 2 is 1.95 bits per heavy atom. The van der Waals surface area contributed by atoms with E-state index in [1.165, 1.54) is 11.3 Å². The van der Waals surface area contributed by atoms with Crippen molar-refractivity contribution in [1.82, 2.24) is 9.78 Å². The van der Waals surface area contributed by atoms with Crippen LogP contribution in [0.25, 0.3) is 0 Å². The minimum absolute atomic E-state index is 0.0754. The summed E-state index contributed by atoms with van der Waals surface area (Å²) in [6.45, 7) is 4.98. The van der Waals surface area contributed by atoms with E-state index in [9.17, 15) is 0 Å². The number of nitrogens with zero attached hydrogens (tertiary/aromatic N) is 2. The zero-order valence-electron chi connectivity index (χ0n) is 11.7. The third kappa shape index (κ3) is 3.51. The summed E-state index contributed by atoms with van der Waals surface area (Å²) in [7, 11) is 0. The zero-order valence-corrected chi connectivity index (χ0v) is 14.9. The first kappa shape index (κ1) is 15.7. The van der Waals surface area contributed by atoms with Crippen molar-refractivity contribution in [2.45, 2.75) is 39.3 Å². The van der Waals surface area contributed by atoms with E-state index in [0.29, 0.717) is 0 Å². The quantitative estimate of drug-likeness (QED) is 0.828. The summed E-state index contributed by atoms with van der Waals surface area (Å²) < 4.78 is 4.23. The summed E-state index contributed by atoms with van der Waals surface area (Å²) in [5.74, 6) is 0. The summed E-state index contributed by atoms with van der Waals surface area (Å²) in [6.07, 6.45) is 1.67. The Labute approximate surface area is 136 Å². The Balaban J connectivity index is 2.12. The number of rotatable bonds is 5. The highest BCUT2D eigenvalue weighted by Gasteiger charge is 2.16. The molecule has 20 heavy (non-hydrogen) atoms. The molecule has 1 unspecified atom stereocenters. The van der Waals surface area contributed by atoms with Gasteiger partial charge < -0.3 is 5.73 Å². The fourth-order valence-corrected chi connectivity index (χ4v) is 3.22. The molecule has 0 spiro atoms. The maximum Gasteiger partial charge on any atom is 0.0738 e. The van der Waals surface area contributed by atoms with Gasteiger partial charge in [-0.05, 0) is 47.8 Å². The Hall–Kier alpha value is -0.650. The molecular formula is C15H19Br2N3. The number of aryl methyl sites for hydroxylation is 2. The standard InChI is InChI=1S/C15H19Br2N3/c1-3-20-14(15(17)10(2)19-20)9-12(18)8-11-6-4-5-7-13(11)16/h4-7,12H,3,8-9,18H2,1-2H3. The second-order valence-electron chi connectivity index (χ2n) is 4.92. The van der Waals surface area contributed by atoms with Crippen LogP contribution in [0.4, 0.5) is 0 Å². The molecule has 0 saturated heterocycles. The van der Waals surface area contributed by atoms with Crippen molar-refractivity contribution in [1.29, 1.82) is 0 Å². The zero-order chi connectivity index (χ0) is 14.7. The molecule has 0 aliphatic heterocycles. The van der Waals surface area contributed by atoms with Gasteiger partial charge in [0.05, 0.1) is 15.9 Å². The Morgan fingerprint density at radius 1 is 1.25 bits per heavy atom. The van der Waals surface area contributed by atoms with Crippen LogP contribution in [-0.4, -0.2) is 15.8 Å². The van der Waals surface area contributed by atoms with Gasteiger partial charge in [-0.2, -0.15) is 5.10 Å². The molecule has 5 heteroatoms. The monoisotopic (exact) mass is 399 g/mol. The van der Waals surface area contributed by atoms with Gasteiger partial charge in [0.25, 0.3) is 0 Å². The minimum Gasteiger partial charge on any atom is -0.327 e. The lowest BCUT2D eigenvalue weighted by molar-refractivity contribution is 0.573. The molecular weight excluding hydrogens is 382 g/mol. The molecule has 0 bridgehead atoms. The van der Waals surface area contributed by atoms with E-state index in [4.69, 9.17) is 5.73 Å². The van der Waals surface area contributed by atoms with Crippen LogP contribution in [-0.2, 0) is 19.4 Å². The van der Waals surface area contributed by atoms with Crippen LogP contribution in [0.1, 0.15) is 23.9 Å². The van der Waals surface area contributed by atoms with Gasteiger partial charge in [0, 0.05) is 23.5 Å². The third-order valence-corrected chi connectivity index (χ3v) is 5.15. The SMILES string of the molecule is CCn1nc(C)c(Br)c1CC(N)Cc1ccccc1Br. The highest BCUT2D eigenvalue weighted by atomic mass is 79.9. The van der Waals surface area contributed by atoms with Gasteiger partial charge in [0.1, 0.15) is 0 Å². The van der Waals surface area contributed by atoms with Crippen LogP contribution in [0.3, 0.4) is 0 Å². The Bertz CT molecular complexity index is 593. The largest absolute Gasteiger partial charge is 0.327 e. The average molecular weight is 401 g/mol. The Kier molecular flexibility index (Phi) is 5.41. The number of nitrogens with two attached hydrogens (primary N) is 1. The molecule has 0 aliphatic rings. The lowest BCUT2D eigenvalue weighted by atomic mass is 10.0. The minimum atomic E-state index is 0.0754. The smallest absolute Gasteiger partial charge is 0.0738 e. The first-order valence-corrected chi connectivity index (χ1v) is 8.32. The van der Waals surface area contributed by atoms with E-state index < -0.39 is 0 Å². The predicted octanol–water partition coefficient (Wildman–Crippen LogP) is 3.85. The van der Waals surface area contributed by atoms with Crippen molar-refractivity contribution in [2.24, 2.45) is 5.73 Å². The first-order chi connectivity index (χ1) is 9.52. The van der Waals surface area contributed by atoms with Crippen molar-refractivity contribution in [2.75, 3.05) is 0 Å². The molecule has 1 heterocycles. The van der Waals surface area contributed by atoms with Gasteiger partial charge in [-0.15, -0.1) is 0 Å². The summed E-state index contributed by atoms with van der Waals surface area (Å²) >= 11 is 7.20. The first-order valence-electron chi connectivity index (χ1n) is 6.73. The maximum atomic E-state index is 6.33. The number of halogens is 2. The lowest BCUT2D eigenvalue weighted by Gasteiger charge is -2.14. The van der Waals surface area contributed by atoms with Gasteiger partial charge in [-0.25, -0.2) is 0 Å². The molecule has 1 aromatic heterocycles. The van der Waals surface area contributed by atoms with Crippen molar-refractivity contribution in [3.8, 4) is 0 Å². The molecule has 0 radical (unpaired) electrons. The fourth-order valence-electron chi connectivity index (χ4n) is 2.33. The molecule has 2 rings (SSSR count). The van der Waals surface area contributed by atoms with Crippen LogP contribution < -0.4 is 5.73 Å². The number of aromatic nitrogens is 2. The van der Waals surface area contributed by atoms with Crippen LogP contribution >= 0.6 is 31.9 Å². The van der Waals surface area contributed by atoms with Crippen LogP contribution in [0.2, 0.25) is 0 Å². The van der Waals surface area contributed by atoms with E-state index in [-0.39, 0.29) is 6.04 Å². The van der Waals surface area contributed by atoms with Crippen LogP contribution in [0, 0.1) is 6.92 Å². The second kappa shape index (κ2) is 6.87. The van der Waals surface area contributed by atoms with E-state index in [2.05, 4.69) is 56.0 Å². The molecule has 0 aliphatic carbocycles. The van der Waals surface area contributed by atoms with Gasteiger partial charge in [0.2, 0.25) is 0 Å². The summed E-state index contributed by atoms with van der Waals surface area (Å²) in [4.78, 5) is 0. The van der Waals surface area contributed by atoms with E-state index >= 15 is 0 Å². The highest BCUT2D eigenvalue weighted by molar-refractivity contribution is 9.10. The van der Waals surface area contributed by atoms with Crippen molar-refractivity contribution < 1.29 is 0 Å². The Morgan fingerprint density at radius 3 is 2.60 bits per heavy atom. The molecule has 1 aromatic carbocycles. The number of benzene rings is 1. The van der Waals surface area contributed by atoms with Crippen molar-refractivity contribution >= 4 is 31.9 Å². The molecule has 0 fully saturated rings. The molecule has 1 atom stereocenters. The normalized spacial score (nSPS) is 12.7. The highest BCUT2D eigenvalue weighted by Crippen LogP contribution is 2.23. The van der Waals surface area contributed by atoms with E-state index in [1.807, 2.05) is 23.7 Å². The number of hydrogen-bond acceptors (Lipinski definition) is 2. The molecule has 3 nitrogen and oxygen atoms in total. The fraction of sp³-hybridized carbons (Fsp3) is 0.400. The predicted molar refractivity (Wildman–Crippen MR) is 89.9 cm³/mol. The van der Waals surface area contributed by atoms with E-state index in [0.717, 1.165) is 34.0 Å². The average Bonchev–Trinajstić information content (AvgIpc) is 2.69. The van der Waals surface area contributed by atoms with Crippen molar-refractivity contribution in [3.63, 3.8) is 0 Å². The molecule has 108 valence electrons. The van der Waals surface area contributed by atoms with Crippen LogP contribution in [0.5, 0.6) is 0 Å². The van der Waals surface area contributed by atoms with Gasteiger partial charge in [-0.3, -0.25) is 4.68 Å².